The Morgan fingerprint density at radius 2 is 2.20 bits per heavy atom. The van der Waals surface area contributed by atoms with Crippen molar-refractivity contribution < 1.29 is 9.90 Å². The van der Waals surface area contributed by atoms with Crippen LogP contribution in [-0.4, -0.2) is 16.4 Å². The van der Waals surface area contributed by atoms with Gasteiger partial charge in [-0.1, -0.05) is 27.8 Å². The van der Waals surface area contributed by atoms with Crippen LogP contribution in [0.1, 0.15) is 22.3 Å². The van der Waals surface area contributed by atoms with Crippen LogP contribution in [0.4, 0.5) is 0 Å². The first kappa shape index (κ1) is 12.3. The molecule has 78 valence electrons. The Bertz CT molecular complexity index is 430. The first-order chi connectivity index (χ1) is 7.15. The highest BCUT2D eigenvalue weighted by molar-refractivity contribution is 9.10. The van der Waals surface area contributed by atoms with Crippen LogP contribution >= 0.6 is 31.9 Å². The average Bonchev–Trinajstić information content (AvgIpc) is 2.20. The molecule has 0 radical (unpaired) electrons. The second-order valence-electron chi connectivity index (χ2n) is 2.74. The van der Waals surface area contributed by atoms with Crippen molar-refractivity contribution in [3.8, 4) is 11.8 Å². The van der Waals surface area contributed by atoms with E-state index in [0.717, 1.165) is 17.3 Å². The number of halogens is 2. The molecule has 0 atom stereocenters. The quantitative estimate of drug-likeness (QED) is 0.667. The van der Waals surface area contributed by atoms with Crippen molar-refractivity contribution in [2.24, 2.45) is 0 Å². The Hall–Kier alpha value is -0.790. The molecule has 0 heterocycles. The van der Waals surface area contributed by atoms with Crippen LogP contribution in [0.3, 0.4) is 0 Å². The normalized spacial score (nSPS) is 9.20. The van der Waals surface area contributed by atoms with Crippen LogP contribution in [-0.2, 0) is 0 Å². The van der Waals surface area contributed by atoms with E-state index in [0.29, 0.717) is 4.47 Å². The lowest BCUT2D eigenvalue weighted by Crippen LogP contribution is -1.96. The molecule has 0 aliphatic carbocycles. The van der Waals surface area contributed by atoms with Crippen molar-refractivity contribution >= 4 is 37.8 Å². The summed E-state index contributed by atoms with van der Waals surface area (Å²) in [5.74, 6) is 4.99. The molecule has 0 bridgehead atoms. The van der Waals surface area contributed by atoms with E-state index >= 15 is 0 Å². The van der Waals surface area contributed by atoms with E-state index in [1.807, 2.05) is 0 Å². The summed E-state index contributed by atoms with van der Waals surface area (Å²) in [6.45, 7) is 0. The fourth-order valence-electron chi connectivity index (χ4n) is 0.954. The van der Waals surface area contributed by atoms with E-state index in [4.69, 9.17) is 5.11 Å². The molecule has 1 N–H and O–H groups in total. The van der Waals surface area contributed by atoms with Gasteiger partial charge in [-0.2, -0.15) is 0 Å². The van der Waals surface area contributed by atoms with Gasteiger partial charge in [-0.05, 0) is 34.1 Å². The maximum atomic E-state index is 10.7. The lowest BCUT2D eigenvalue weighted by molar-refractivity contribution is 0.0697. The maximum Gasteiger partial charge on any atom is 0.335 e. The summed E-state index contributed by atoms with van der Waals surface area (Å²) in [5.41, 5.74) is 1.06. The summed E-state index contributed by atoms with van der Waals surface area (Å²) < 4.78 is 0.712. The van der Waals surface area contributed by atoms with Crippen molar-refractivity contribution in [2.45, 2.75) is 6.42 Å². The number of aromatic carboxylic acids is 1. The number of hydrogen-bond acceptors (Lipinski definition) is 1. The third-order valence-corrected chi connectivity index (χ3v) is 2.71. The molecular formula is C11H8Br2O2. The van der Waals surface area contributed by atoms with Crippen LogP contribution < -0.4 is 0 Å². The monoisotopic (exact) mass is 330 g/mol. The SMILES string of the molecule is O=C(O)c1ccc(C#CCCBr)c(Br)c1. The summed E-state index contributed by atoms with van der Waals surface area (Å²) in [6, 6.07) is 4.81. The molecule has 0 fully saturated rings. The van der Waals surface area contributed by atoms with E-state index in [9.17, 15) is 4.79 Å². The largest absolute Gasteiger partial charge is 0.478 e. The topological polar surface area (TPSA) is 37.3 Å². The van der Waals surface area contributed by atoms with Crippen molar-refractivity contribution in [2.75, 3.05) is 5.33 Å². The first-order valence-electron chi connectivity index (χ1n) is 4.23. The minimum absolute atomic E-state index is 0.257. The minimum Gasteiger partial charge on any atom is -0.478 e. The zero-order valence-corrected chi connectivity index (χ0v) is 10.9. The Morgan fingerprint density at radius 3 is 2.73 bits per heavy atom. The van der Waals surface area contributed by atoms with E-state index in [1.54, 1.807) is 18.2 Å². The molecule has 4 heteroatoms. The molecule has 15 heavy (non-hydrogen) atoms. The van der Waals surface area contributed by atoms with Gasteiger partial charge in [0.1, 0.15) is 0 Å². The van der Waals surface area contributed by atoms with E-state index < -0.39 is 5.97 Å². The molecule has 1 aromatic rings. The fourth-order valence-corrected chi connectivity index (χ4v) is 1.63. The number of hydrogen-bond donors (Lipinski definition) is 1. The molecule has 0 unspecified atom stereocenters. The predicted molar refractivity (Wildman–Crippen MR) is 66.4 cm³/mol. The second-order valence-corrected chi connectivity index (χ2v) is 4.39. The van der Waals surface area contributed by atoms with Gasteiger partial charge in [-0.3, -0.25) is 0 Å². The Labute approximate surface area is 105 Å². The summed E-state index contributed by atoms with van der Waals surface area (Å²) >= 11 is 6.57. The van der Waals surface area contributed by atoms with Crippen molar-refractivity contribution in [3.05, 3.63) is 33.8 Å². The number of rotatable bonds is 2. The van der Waals surface area contributed by atoms with Crippen LogP contribution in [0.15, 0.2) is 22.7 Å². The van der Waals surface area contributed by atoms with Crippen LogP contribution in [0.2, 0.25) is 0 Å². The standard InChI is InChI=1S/C11H8Br2O2/c12-6-2-1-3-8-4-5-9(11(14)15)7-10(8)13/h4-5,7H,2,6H2,(H,14,15). The molecule has 0 aliphatic heterocycles. The van der Waals surface area contributed by atoms with Gasteiger partial charge in [0.2, 0.25) is 0 Å². The molecule has 0 saturated heterocycles. The third kappa shape index (κ3) is 3.69. The Balaban J connectivity index is 2.95. The lowest BCUT2D eigenvalue weighted by atomic mass is 10.1. The van der Waals surface area contributed by atoms with Gasteiger partial charge >= 0.3 is 5.97 Å². The molecule has 1 rings (SSSR count). The molecular weight excluding hydrogens is 324 g/mol. The second kappa shape index (κ2) is 5.94. The molecule has 0 aliphatic rings. The molecule has 0 amide bonds. The van der Waals surface area contributed by atoms with E-state index in [2.05, 4.69) is 43.7 Å². The molecule has 0 saturated carbocycles. The Kier molecular flexibility index (Phi) is 4.86. The summed E-state index contributed by atoms with van der Waals surface area (Å²) in [6.07, 6.45) is 0.771. The van der Waals surface area contributed by atoms with Crippen LogP contribution in [0.5, 0.6) is 0 Å². The summed E-state index contributed by atoms with van der Waals surface area (Å²) in [7, 11) is 0. The number of benzene rings is 1. The molecule has 2 nitrogen and oxygen atoms in total. The Morgan fingerprint density at radius 1 is 1.47 bits per heavy atom. The zero-order chi connectivity index (χ0) is 11.3. The van der Waals surface area contributed by atoms with Gasteiger partial charge in [0.25, 0.3) is 0 Å². The van der Waals surface area contributed by atoms with E-state index in [1.165, 1.54) is 0 Å². The molecule has 0 spiro atoms. The first-order valence-corrected chi connectivity index (χ1v) is 6.14. The number of carboxylic acids is 1. The van der Waals surface area contributed by atoms with E-state index in [-0.39, 0.29) is 5.56 Å². The number of carbonyl (C=O) groups is 1. The summed E-state index contributed by atoms with van der Waals surface area (Å²) in [5, 5.41) is 9.59. The number of alkyl halides is 1. The number of carboxylic acid groups (broad SMARTS) is 1. The van der Waals surface area contributed by atoms with Crippen LogP contribution in [0, 0.1) is 11.8 Å². The highest BCUT2D eigenvalue weighted by Crippen LogP contribution is 2.17. The van der Waals surface area contributed by atoms with Crippen molar-refractivity contribution in [1.82, 2.24) is 0 Å². The average molecular weight is 332 g/mol. The summed E-state index contributed by atoms with van der Waals surface area (Å²) in [4.78, 5) is 10.7. The smallest absolute Gasteiger partial charge is 0.335 e. The highest BCUT2D eigenvalue weighted by Gasteiger charge is 2.04. The minimum atomic E-state index is -0.935. The fraction of sp³-hybridized carbons (Fsp3) is 0.182. The van der Waals surface area contributed by atoms with Crippen LogP contribution in [0.25, 0.3) is 0 Å². The van der Waals surface area contributed by atoms with Crippen molar-refractivity contribution in [1.29, 1.82) is 0 Å². The van der Waals surface area contributed by atoms with Gasteiger partial charge in [-0.15, -0.1) is 0 Å². The highest BCUT2D eigenvalue weighted by atomic mass is 79.9. The zero-order valence-electron chi connectivity index (χ0n) is 7.76. The van der Waals surface area contributed by atoms with Gasteiger partial charge < -0.3 is 5.11 Å². The third-order valence-electron chi connectivity index (χ3n) is 1.66. The predicted octanol–water partition coefficient (Wildman–Crippen LogP) is 3.28. The van der Waals surface area contributed by atoms with Crippen molar-refractivity contribution in [3.63, 3.8) is 0 Å². The van der Waals surface area contributed by atoms with Gasteiger partial charge in [0.15, 0.2) is 0 Å². The maximum absolute atomic E-state index is 10.7. The van der Waals surface area contributed by atoms with Gasteiger partial charge in [0.05, 0.1) is 5.56 Å². The molecule has 1 aromatic carbocycles. The van der Waals surface area contributed by atoms with Gasteiger partial charge in [0, 0.05) is 21.8 Å². The lowest BCUT2D eigenvalue weighted by Gasteiger charge is -1.98. The molecule has 0 aromatic heterocycles. The van der Waals surface area contributed by atoms with Gasteiger partial charge in [-0.25, -0.2) is 4.79 Å².